The van der Waals surface area contributed by atoms with Crippen molar-refractivity contribution in [2.75, 3.05) is 7.11 Å². The number of amides is 1. The van der Waals surface area contributed by atoms with Gasteiger partial charge in [-0.2, -0.15) is 0 Å². The number of hydrogen-bond acceptors (Lipinski definition) is 3. The van der Waals surface area contributed by atoms with Crippen LogP contribution in [0.3, 0.4) is 0 Å². The highest BCUT2D eigenvalue weighted by Crippen LogP contribution is 2.21. The number of nitrogens with zero attached hydrogens (tertiary/aromatic N) is 1. The third-order valence-corrected chi connectivity index (χ3v) is 2.15. The summed E-state index contributed by atoms with van der Waals surface area (Å²) >= 11 is 0. The molecule has 2 rings (SSSR count). The smallest absolute Gasteiger partial charge is 0.254 e. The normalized spacial score (nSPS) is 10.2. The van der Waals surface area contributed by atoms with E-state index >= 15 is 0 Å². The molecule has 0 radical (unpaired) electrons. The highest BCUT2D eigenvalue weighted by molar-refractivity contribution is 5.98. The van der Waals surface area contributed by atoms with Crippen LogP contribution in [-0.2, 0) is 0 Å². The third kappa shape index (κ3) is 1.61. The maximum Gasteiger partial charge on any atom is 0.254 e. The summed E-state index contributed by atoms with van der Waals surface area (Å²) in [6, 6.07) is 9.15. The van der Waals surface area contributed by atoms with Gasteiger partial charge < -0.3 is 10.5 Å². The van der Waals surface area contributed by atoms with E-state index in [1.165, 1.54) is 7.11 Å². The standard InChI is InChI=1S/C11H10N2O2/c1-15-11-8(10(12)14)6-7-4-2-3-5-9(7)13-11/h2-6H,1H3,(H2,12,14). The first-order valence-electron chi connectivity index (χ1n) is 4.46. The second-order valence-corrected chi connectivity index (χ2v) is 3.10. The number of carbonyl (C=O) groups is 1. The van der Waals surface area contributed by atoms with Crippen LogP contribution < -0.4 is 10.5 Å². The molecule has 0 bridgehead atoms. The van der Waals surface area contributed by atoms with Crippen LogP contribution in [0.1, 0.15) is 10.4 Å². The predicted molar refractivity (Wildman–Crippen MR) is 56.8 cm³/mol. The van der Waals surface area contributed by atoms with Crippen LogP contribution in [-0.4, -0.2) is 18.0 Å². The van der Waals surface area contributed by atoms with Gasteiger partial charge in [-0.3, -0.25) is 4.79 Å². The van der Waals surface area contributed by atoms with Crippen molar-refractivity contribution in [2.45, 2.75) is 0 Å². The molecule has 2 aromatic rings. The van der Waals surface area contributed by atoms with Crippen molar-refractivity contribution in [2.24, 2.45) is 5.73 Å². The zero-order valence-corrected chi connectivity index (χ0v) is 8.23. The molecule has 1 aromatic carbocycles. The molecule has 15 heavy (non-hydrogen) atoms. The lowest BCUT2D eigenvalue weighted by Gasteiger charge is -2.05. The van der Waals surface area contributed by atoms with Crippen LogP contribution in [0.4, 0.5) is 0 Å². The van der Waals surface area contributed by atoms with Gasteiger partial charge in [0, 0.05) is 5.39 Å². The number of para-hydroxylation sites is 1. The number of rotatable bonds is 2. The monoisotopic (exact) mass is 202 g/mol. The number of pyridine rings is 1. The highest BCUT2D eigenvalue weighted by atomic mass is 16.5. The largest absolute Gasteiger partial charge is 0.480 e. The lowest BCUT2D eigenvalue weighted by atomic mass is 10.1. The van der Waals surface area contributed by atoms with Crippen molar-refractivity contribution in [3.8, 4) is 5.88 Å². The van der Waals surface area contributed by atoms with Gasteiger partial charge >= 0.3 is 0 Å². The van der Waals surface area contributed by atoms with Crippen molar-refractivity contribution in [1.82, 2.24) is 4.98 Å². The molecule has 0 atom stereocenters. The van der Waals surface area contributed by atoms with Crippen molar-refractivity contribution in [3.05, 3.63) is 35.9 Å². The molecule has 1 aromatic heterocycles. The number of aromatic nitrogens is 1. The summed E-state index contributed by atoms with van der Waals surface area (Å²) < 4.78 is 5.00. The molecule has 4 heteroatoms. The number of nitrogens with two attached hydrogens (primary N) is 1. The SMILES string of the molecule is COc1nc2ccccc2cc1C(N)=O. The van der Waals surface area contributed by atoms with Crippen LogP contribution in [0.25, 0.3) is 10.9 Å². The average molecular weight is 202 g/mol. The minimum absolute atomic E-state index is 0.265. The molecule has 2 N–H and O–H groups in total. The van der Waals surface area contributed by atoms with E-state index in [4.69, 9.17) is 10.5 Å². The first-order chi connectivity index (χ1) is 7.22. The minimum Gasteiger partial charge on any atom is -0.480 e. The molecule has 0 unspecified atom stereocenters. The van der Waals surface area contributed by atoms with Crippen LogP contribution in [0, 0.1) is 0 Å². The van der Waals surface area contributed by atoms with Gasteiger partial charge in [0.05, 0.1) is 12.6 Å². The molecular weight excluding hydrogens is 192 g/mol. The Morgan fingerprint density at radius 3 is 2.80 bits per heavy atom. The maximum atomic E-state index is 11.1. The van der Waals surface area contributed by atoms with Crippen molar-refractivity contribution < 1.29 is 9.53 Å². The Kier molecular flexibility index (Phi) is 2.25. The number of ether oxygens (including phenoxy) is 1. The number of benzene rings is 1. The van der Waals surface area contributed by atoms with Gasteiger partial charge in [-0.1, -0.05) is 18.2 Å². The third-order valence-electron chi connectivity index (χ3n) is 2.15. The Morgan fingerprint density at radius 1 is 1.40 bits per heavy atom. The fourth-order valence-electron chi connectivity index (χ4n) is 1.43. The number of primary amides is 1. The van der Waals surface area contributed by atoms with E-state index in [0.717, 1.165) is 10.9 Å². The van der Waals surface area contributed by atoms with Crippen LogP contribution >= 0.6 is 0 Å². The Morgan fingerprint density at radius 2 is 2.13 bits per heavy atom. The van der Waals surface area contributed by atoms with E-state index in [-0.39, 0.29) is 5.88 Å². The van der Waals surface area contributed by atoms with Gasteiger partial charge in [-0.05, 0) is 12.1 Å². The van der Waals surface area contributed by atoms with Gasteiger partial charge in [0.1, 0.15) is 5.56 Å². The molecule has 0 saturated heterocycles. The van der Waals surface area contributed by atoms with Crippen molar-refractivity contribution >= 4 is 16.8 Å². The quantitative estimate of drug-likeness (QED) is 0.799. The highest BCUT2D eigenvalue weighted by Gasteiger charge is 2.11. The summed E-state index contributed by atoms with van der Waals surface area (Å²) in [5.74, 6) is -0.272. The Balaban J connectivity index is 2.74. The maximum absolute atomic E-state index is 11.1. The Hall–Kier alpha value is -2.10. The van der Waals surface area contributed by atoms with E-state index in [1.54, 1.807) is 6.07 Å². The van der Waals surface area contributed by atoms with Gasteiger partial charge in [-0.25, -0.2) is 4.98 Å². The fraction of sp³-hybridized carbons (Fsp3) is 0.0909. The van der Waals surface area contributed by atoms with Crippen LogP contribution in [0.5, 0.6) is 5.88 Å². The van der Waals surface area contributed by atoms with Crippen molar-refractivity contribution in [3.63, 3.8) is 0 Å². The molecule has 0 aliphatic carbocycles. The average Bonchev–Trinajstić information content (AvgIpc) is 2.27. The summed E-state index contributed by atoms with van der Waals surface area (Å²) in [5, 5.41) is 0.868. The predicted octanol–water partition coefficient (Wildman–Crippen LogP) is 1.34. The van der Waals surface area contributed by atoms with E-state index in [2.05, 4.69) is 4.98 Å². The number of carbonyl (C=O) groups excluding carboxylic acids is 1. The first-order valence-corrected chi connectivity index (χ1v) is 4.46. The molecule has 0 aliphatic heterocycles. The zero-order valence-electron chi connectivity index (χ0n) is 8.23. The second kappa shape index (κ2) is 3.57. The molecule has 0 fully saturated rings. The van der Waals surface area contributed by atoms with E-state index in [9.17, 15) is 4.79 Å². The second-order valence-electron chi connectivity index (χ2n) is 3.10. The lowest BCUT2D eigenvalue weighted by Crippen LogP contribution is -2.13. The summed E-state index contributed by atoms with van der Waals surface area (Å²) in [6.45, 7) is 0. The number of fused-ring (bicyclic) bond motifs is 1. The van der Waals surface area contributed by atoms with E-state index < -0.39 is 5.91 Å². The first kappa shape index (κ1) is 9.45. The number of hydrogen-bond donors (Lipinski definition) is 1. The summed E-state index contributed by atoms with van der Waals surface area (Å²) in [5.41, 5.74) is 6.30. The lowest BCUT2D eigenvalue weighted by molar-refractivity contribution is 0.0997. The Bertz CT molecular complexity index is 523. The molecular formula is C11H10N2O2. The summed E-state index contributed by atoms with van der Waals surface area (Å²) in [7, 11) is 1.46. The topological polar surface area (TPSA) is 65.2 Å². The molecule has 76 valence electrons. The molecule has 4 nitrogen and oxygen atoms in total. The molecule has 0 aliphatic rings. The Labute approximate surface area is 86.7 Å². The zero-order chi connectivity index (χ0) is 10.8. The summed E-state index contributed by atoms with van der Waals surface area (Å²) in [6.07, 6.45) is 0. The molecule has 1 amide bonds. The van der Waals surface area contributed by atoms with Gasteiger partial charge in [0.15, 0.2) is 0 Å². The van der Waals surface area contributed by atoms with E-state index in [0.29, 0.717) is 5.56 Å². The van der Waals surface area contributed by atoms with Gasteiger partial charge in [0.25, 0.3) is 5.91 Å². The van der Waals surface area contributed by atoms with Crippen LogP contribution in [0.15, 0.2) is 30.3 Å². The van der Waals surface area contributed by atoms with E-state index in [1.807, 2.05) is 24.3 Å². The fourth-order valence-corrected chi connectivity index (χ4v) is 1.43. The van der Waals surface area contributed by atoms with Gasteiger partial charge in [0.2, 0.25) is 5.88 Å². The molecule has 1 heterocycles. The minimum atomic E-state index is -0.537. The van der Waals surface area contributed by atoms with Crippen molar-refractivity contribution in [1.29, 1.82) is 0 Å². The molecule has 0 saturated carbocycles. The summed E-state index contributed by atoms with van der Waals surface area (Å²) in [4.78, 5) is 15.3. The van der Waals surface area contributed by atoms with Crippen LogP contribution in [0.2, 0.25) is 0 Å². The number of methoxy groups -OCH3 is 1. The van der Waals surface area contributed by atoms with Gasteiger partial charge in [-0.15, -0.1) is 0 Å². The molecule has 0 spiro atoms.